The van der Waals surface area contributed by atoms with Crippen molar-refractivity contribution in [3.8, 4) is 11.3 Å². The van der Waals surface area contributed by atoms with E-state index in [2.05, 4.69) is 74.5 Å². The van der Waals surface area contributed by atoms with Crippen LogP contribution in [0.15, 0.2) is 83.3 Å². The van der Waals surface area contributed by atoms with E-state index in [0.29, 0.717) is 0 Å². The van der Waals surface area contributed by atoms with Gasteiger partial charge in [0.1, 0.15) is 11.3 Å². The maximum Gasteiger partial charge on any atom is 0.162 e. The molecule has 0 unspecified atom stereocenters. The van der Waals surface area contributed by atoms with Crippen LogP contribution in [0.25, 0.3) is 54.9 Å². The van der Waals surface area contributed by atoms with Gasteiger partial charge in [0.15, 0.2) is 5.58 Å². The molecule has 2 aromatic heterocycles. The number of fused-ring (bicyclic) bond motifs is 6. The van der Waals surface area contributed by atoms with Crippen molar-refractivity contribution in [2.75, 3.05) is 0 Å². The molecule has 2 heteroatoms. The number of aryl methyl sites for hydroxylation is 2. The molecule has 0 radical (unpaired) electrons. The quantitative estimate of drug-likeness (QED) is 0.297. The van der Waals surface area contributed by atoms with Crippen molar-refractivity contribution >= 4 is 43.6 Å². The molecular weight excluding hydrogens is 354 g/mol. The van der Waals surface area contributed by atoms with Crippen molar-refractivity contribution in [2.45, 2.75) is 13.8 Å². The van der Waals surface area contributed by atoms with Gasteiger partial charge in [-0.3, -0.25) is 0 Å². The Morgan fingerprint density at radius 3 is 2.24 bits per heavy atom. The highest BCUT2D eigenvalue weighted by Crippen LogP contribution is 2.41. The van der Waals surface area contributed by atoms with E-state index < -0.39 is 0 Å². The van der Waals surface area contributed by atoms with Gasteiger partial charge in [0, 0.05) is 21.7 Å². The Bertz CT molecular complexity index is 1560. The van der Waals surface area contributed by atoms with Gasteiger partial charge in [-0.05, 0) is 47.9 Å². The second kappa shape index (κ2) is 5.92. The topological polar surface area (TPSA) is 26.0 Å². The molecule has 0 atom stereocenters. The predicted octanol–water partition coefficient (Wildman–Crippen LogP) is 7.57. The van der Waals surface area contributed by atoms with Crippen LogP contribution in [0.4, 0.5) is 0 Å². The lowest BCUT2D eigenvalue weighted by atomic mass is 9.94. The van der Waals surface area contributed by atoms with E-state index in [1.807, 2.05) is 18.2 Å². The lowest BCUT2D eigenvalue weighted by Crippen LogP contribution is -1.91. The summed E-state index contributed by atoms with van der Waals surface area (Å²) in [5.74, 6) is 0. The maximum absolute atomic E-state index is 6.39. The fourth-order valence-corrected chi connectivity index (χ4v) is 4.62. The number of aromatic nitrogens is 1. The molecule has 0 aliphatic carbocycles. The Labute approximate surface area is 168 Å². The summed E-state index contributed by atoms with van der Waals surface area (Å²) < 4.78 is 6.39. The SMILES string of the molecule is Cc1cccc2c(-c3nc4ccccc4c4c3oc3ccccc34)ccc(C)c12. The fraction of sp³-hybridized carbons (Fsp3) is 0.0741. The van der Waals surface area contributed by atoms with E-state index in [0.717, 1.165) is 44.1 Å². The van der Waals surface area contributed by atoms with Gasteiger partial charge in [-0.1, -0.05) is 66.7 Å². The Morgan fingerprint density at radius 2 is 1.34 bits per heavy atom. The normalized spacial score (nSPS) is 11.8. The molecular formula is C27H19NO. The lowest BCUT2D eigenvalue weighted by Gasteiger charge is -2.12. The molecule has 0 spiro atoms. The van der Waals surface area contributed by atoms with Gasteiger partial charge in [-0.25, -0.2) is 4.98 Å². The minimum Gasteiger partial charge on any atom is -0.454 e. The van der Waals surface area contributed by atoms with Crippen molar-refractivity contribution in [3.05, 3.63) is 90.0 Å². The second-order valence-corrected chi connectivity index (χ2v) is 7.71. The van der Waals surface area contributed by atoms with Gasteiger partial charge in [0.05, 0.1) is 5.52 Å². The molecule has 4 aromatic carbocycles. The van der Waals surface area contributed by atoms with Gasteiger partial charge in [-0.15, -0.1) is 0 Å². The molecule has 138 valence electrons. The molecule has 2 nitrogen and oxygen atoms in total. The van der Waals surface area contributed by atoms with E-state index >= 15 is 0 Å². The Kier molecular flexibility index (Phi) is 3.33. The zero-order valence-electron chi connectivity index (χ0n) is 16.4. The second-order valence-electron chi connectivity index (χ2n) is 7.71. The van der Waals surface area contributed by atoms with E-state index in [-0.39, 0.29) is 0 Å². The monoisotopic (exact) mass is 373 g/mol. The highest BCUT2D eigenvalue weighted by molar-refractivity contribution is 6.21. The van der Waals surface area contributed by atoms with Gasteiger partial charge in [0.2, 0.25) is 0 Å². The first-order valence-corrected chi connectivity index (χ1v) is 9.91. The van der Waals surface area contributed by atoms with E-state index in [9.17, 15) is 0 Å². The molecule has 29 heavy (non-hydrogen) atoms. The number of nitrogens with zero attached hydrogens (tertiary/aromatic N) is 1. The summed E-state index contributed by atoms with van der Waals surface area (Å²) >= 11 is 0. The van der Waals surface area contributed by atoms with Crippen molar-refractivity contribution in [2.24, 2.45) is 0 Å². The van der Waals surface area contributed by atoms with Crippen LogP contribution in [0.5, 0.6) is 0 Å². The first-order valence-electron chi connectivity index (χ1n) is 9.91. The number of pyridine rings is 1. The van der Waals surface area contributed by atoms with Crippen LogP contribution in [-0.2, 0) is 0 Å². The summed E-state index contributed by atoms with van der Waals surface area (Å²) in [5, 5.41) is 5.92. The smallest absolute Gasteiger partial charge is 0.162 e. The van der Waals surface area contributed by atoms with Crippen LogP contribution in [0.2, 0.25) is 0 Å². The Hall–Kier alpha value is -3.65. The van der Waals surface area contributed by atoms with Crippen molar-refractivity contribution in [1.82, 2.24) is 4.98 Å². The highest BCUT2D eigenvalue weighted by atomic mass is 16.3. The maximum atomic E-state index is 6.39. The van der Waals surface area contributed by atoms with E-state index in [4.69, 9.17) is 9.40 Å². The van der Waals surface area contributed by atoms with Crippen LogP contribution in [0.3, 0.4) is 0 Å². The van der Waals surface area contributed by atoms with Gasteiger partial charge in [-0.2, -0.15) is 0 Å². The van der Waals surface area contributed by atoms with Crippen LogP contribution in [-0.4, -0.2) is 4.98 Å². The predicted molar refractivity (Wildman–Crippen MR) is 121 cm³/mol. The summed E-state index contributed by atoms with van der Waals surface area (Å²) in [6, 6.07) is 27.4. The third-order valence-corrected chi connectivity index (χ3v) is 5.93. The zero-order valence-corrected chi connectivity index (χ0v) is 16.4. The Balaban J connectivity index is 1.85. The summed E-state index contributed by atoms with van der Waals surface area (Å²) in [7, 11) is 0. The highest BCUT2D eigenvalue weighted by Gasteiger charge is 2.19. The molecule has 0 N–H and O–H groups in total. The van der Waals surface area contributed by atoms with Gasteiger partial charge >= 0.3 is 0 Å². The van der Waals surface area contributed by atoms with E-state index in [1.54, 1.807) is 0 Å². The first kappa shape index (κ1) is 16.3. The van der Waals surface area contributed by atoms with Gasteiger partial charge in [0.25, 0.3) is 0 Å². The summed E-state index contributed by atoms with van der Waals surface area (Å²) in [5.41, 5.74) is 7.33. The molecule has 6 rings (SSSR count). The number of benzene rings is 4. The molecule has 0 fully saturated rings. The third kappa shape index (κ3) is 2.26. The minimum absolute atomic E-state index is 0.858. The number of para-hydroxylation sites is 2. The average molecular weight is 373 g/mol. The van der Waals surface area contributed by atoms with Crippen molar-refractivity contribution in [3.63, 3.8) is 0 Å². The van der Waals surface area contributed by atoms with Crippen molar-refractivity contribution in [1.29, 1.82) is 0 Å². The van der Waals surface area contributed by atoms with Crippen molar-refractivity contribution < 1.29 is 4.42 Å². The molecule has 0 saturated heterocycles. The number of hydrogen-bond acceptors (Lipinski definition) is 2. The molecule has 0 amide bonds. The number of rotatable bonds is 1. The molecule has 0 aliphatic rings. The third-order valence-electron chi connectivity index (χ3n) is 5.93. The Morgan fingerprint density at radius 1 is 0.621 bits per heavy atom. The molecule has 0 aliphatic heterocycles. The summed E-state index contributed by atoms with van der Waals surface area (Å²) in [4.78, 5) is 5.08. The zero-order chi connectivity index (χ0) is 19.5. The number of furan rings is 1. The largest absolute Gasteiger partial charge is 0.454 e. The van der Waals surface area contributed by atoms with Crippen LogP contribution < -0.4 is 0 Å². The molecule has 0 bridgehead atoms. The molecule has 0 saturated carbocycles. The molecule has 6 aromatic rings. The summed E-state index contributed by atoms with van der Waals surface area (Å²) in [6.07, 6.45) is 0. The average Bonchev–Trinajstić information content (AvgIpc) is 3.14. The fourth-order valence-electron chi connectivity index (χ4n) is 4.62. The first-order chi connectivity index (χ1) is 14.2. The lowest BCUT2D eigenvalue weighted by molar-refractivity contribution is 0.669. The summed E-state index contributed by atoms with van der Waals surface area (Å²) in [6.45, 7) is 4.34. The molecule has 2 heterocycles. The van der Waals surface area contributed by atoms with Crippen LogP contribution in [0.1, 0.15) is 11.1 Å². The standard InChI is InChI=1S/C27H19NO/c1-16-8-7-11-18-19(15-14-17(2)24(16)18)26-27-25(20-9-3-5-12-22(20)28-26)21-10-4-6-13-23(21)29-27/h3-15H,1-2H3. The van der Waals surface area contributed by atoms with E-state index in [1.165, 1.54) is 21.9 Å². The minimum atomic E-state index is 0.858. The number of hydrogen-bond donors (Lipinski definition) is 0. The van der Waals surface area contributed by atoms with Gasteiger partial charge < -0.3 is 4.42 Å². The van der Waals surface area contributed by atoms with Crippen LogP contribution >= 0.6 is 0 Å². The van der Waals surface area contributed by atoms with Crippen LogP contribution in [0, 0.1) is 13.8 Å².